The summed E-state index contributed by atoms with van der Waals surface area (Å²) in [5.74, 6) is 0.474. The Balaban J connectivity index is 1.41. The molecule has 0 saturated heterocycles. The van der Waals surface area contributed by atoms with E-state index in [0.29, 0.717) is 28.6 Å². The topological polar surface area (TPSA) is 73.2 Å². The molecular formula is C25H26F3N3O3. The highest BCUT2D eigenvalue weighted by Crippen LogP contribution is 2.17. The predicted octanol–water partition coefficient (Wildman–Crippen LogP) is 4.52. The van der Waals surface area contributed by atoms with Crippen LogP contribution in [0.5, 0.6) is 0 Å². The molecule has 2 heterocycles. The van der Waals surface area contributed by atoms with Crippen molar-refractivity contribution in [3.05, 3.63) is 75.3 Å². The molecule has 3 aromatic rings. The molecule has 4 rings (SSSR count). The number of carbonyl (C=O) groups is 1. The third-order valence-corrected chi connectivity index (χ3v) is 5.84. The van der Waals surface area contributed by atoms with E-state index in [-0.39, 0.29) is 24.6 Å². The third kappa shape index (κ3) is 6.02. The highest BCUT2D eigenvalue weighted by Gasteiger charge is 2.27. The number of halogens is 3. The van der Waals surface area contributed by atoms with E-state index in [0.717, 1.165) is 43.5 Å². The van der Waals surface area contributed by atoms with Crippen LogP contribution < -0.4 is 10.9 Å². The fourth-order valence-corrected chi connectivity index (χ4v) is 4.06. The van der Waals surface area contributed by atoms with Crippen molar-refractivity contribution in [1.29, 1.82) is 0 Å². The van der Waals surface area contributed by atoms with Gasteiger partial charge in [-0.25, -0.2) is 4.98 Å². The van der Waals surface area contributed by atoms with Gasteiger partial charge in [-0.2, -0.15) is 13.2 Å². The Bertz CT molecular complexity index is 1220. The highest BCUT2D eigenvalue weighted by atomic mass is 19.4. The largest absolute Gasteiger partial charge is 0.411 e. The number of carbonyl (C=O) groups excluding carboxylic acids is 1. The van der Waals surface area contributed by atoms with Crippen LogP contribution in [0.1, 0.15) is 53.0 Å². The van der Waals surface area contributed by atoms with Gasteiger partial charge in [-0.05, 0) is 42.2 Å². The maximum atomic E-state index is 12.9. The van der Waals surface area contributed by atoms with E-state index in [2.05, 4.69) is 15.0 Å². The van der Waals surface area contributed by atoms with E-state index in [1.54, 1.807) is 47.0 Å². The second-order valence-corrected chi connectivity index (χ2v) is 8.49. The van der Waals surface area contributed by atoms with Gasteiger partial charge in [0.05, 0.1) is 17.5 Å². The van der Waals surface area contributed by atoms with Gasteiger partial charge in [0, 0.05) is 25.1 Å². The van der Waals surface area contributed by atoms with Crippen LogP contribution in [0.25, 0.3) is 10.9 Å². The summed E-state index contributed by atoms with van der Waals surface area (Å²) >= 11 is 0. The second-order valence-electron chi connectivity index (χ2n) is 8.49. The Morgan fingerprint density at radius 2 is 1.76 bits per heavy atom. The van der Waals surface area contributed by atoms with Crippen LogP contribution in [-0.4, -0.2) is 28.2 Å². The van der Waals surface area contributed by atoms with E-state index in [4.69, 9.17) is 0 Å². The van der Waals surface area contributed by atoms with E-state index in [1.807, 2.05) is 0 Å². The highest BCUT2D eigenvalue weighted by molar-refractivity contribution is 5.97. The molecule has 6 nitrogen and oxygen atoms in total. The Labute approximate surface area is 194 Å². The molecule has 0 aliphatic carbocycles. The van der Waals surface area contributed by atoms with E-state index in [1.165, 1.54) is 0 Å². The molecule has 0 fully saturated rings. The lowest BCUT2D eigenvalue weighted by atomic mass is 10.1. The number of alkyl halides is 3. The van der Waals surface area contributed by atoms with Crippen LogP contribution in [0.15, 0.2) is 47.3 Å². The summed E-state index contributed by atoms with van der Waals surface area (Å²) in [6.45, 7) is -0.506. The predicted molar refractivity (Wildman–Crippen MR) is 121 cm³/mol. The number of nitrogens with one attached hydrogen (secondary N) is 1. The summed E-state index contributed by atoms with van der Waals surface area (Å²) in [5, 5.41) is 3.33. The minimum atomic E-state index is -4.35. The minimum Gasteiger partial charge on any atom is -0.367 e. The first-order chi connectivity index (χ1) is 16.3. The first-order valence-electron chi connectivity index (χ1n) is 11.3. The molecule has 1 aromatic heterocycles. The number of aryl methyl sites for hydroxylation is 1. The van der Waals surface area contributed by atoms with Crippen molar-refractivity contribution in [2.45, 2.75) is 58.0 Å². The molecule has 34 heavy (non-hydrogen) atoms. The maximum absolute atomic E-state index is 12.9. The fraction of sp³-hybridized carbons (Fsp3) is 0.400. The second kappa shape index (κ2) is 10.4. The van der Waals surface area contributed by atoms with Crippen molar-refractivity contribution in [2.24, 2.45) is 0 Å². The fourth-order valence-electron chi connectivity index (χ4n) is 4.06. The molecule has 180 valence electrons. The Morgan fingerprint density at radius 1 is 1.03 bits per heavy atom. The number of benzene rings is 2. The van der Waals surface area contributed by atoms with Crippen LogP contribution in [0.4, 0.5) is 13.2 Å². The number of aromatic nitrogens is 2. The molecule has 0 spiro atoms. The SMILES string of the molecule is O=C(NCc1ccc(COCC(F)(F)F)cc1)c1ccc2c(=O)n3c(nc2c1)CCCCCC3. The number of nitrogens with zero attached hydrogens (tertiary/aromatic N) is 2. The summed E-state index contributed by atoms with van der Waals surface area (Å²) in [6, 6.07) is 11.7. The summed E-state index contributed by atoms with van der Waals surface area (Å²) < 4.78 is 42.9. The van der Waals surface area contributed by atoms with E-state index in [9.17, 15) is 22.8 Å². The van der Waals surface area contributed by atoms with Crippen molar-refractivity contribution in [3.8, 4) is 0 Å². The summed E-state index contributed by atoms with van der Waals surface area (Å²) in [7, 11) is 0. The number of rotatable bonds is 6. The summed E-state index contributed by atoms with van der Waals surface area (Å²) in [6.07, 6.45) is 0.580. The number of amides is 1. The average molecular weight is 473 g/mol. The van der Waals surface area contributed by atoms with Gasteiger partial charge in [0.2, 0.25) is 0 Å². The molecule has 2 aromatic carbocycles. The molecule has 0 bridgehead atoms. The van der Waals surface area contributed by atoms with Gasteiger partial charge in [-0.1, -0.05) is 37.1 Å². The summed E-state index contributed by atoms with van der Waals surface area (Å²) in [5.41, 5.74) is 2.28. The zero-order chi connectivity index (χ0) is 24.1. The van der Waals surface area contributed by atoms with Gasteiger partial charge in [0.1, 0.15) is 12.4 Å². The van der Waals surface area contributed by atoms with Crippen molar-refractivity contribution >= 4 is 16.8 Å². The van der Waals surface area contributed by atoms with Crippen molar-refractivity contribution in [3.63, 3.8) is 0 Å². The Morgan fingerprint density at radius 3 is 2.53 bits per heavy atom. The van der Waals surface area contributed by atoms with Gasteiger partial charge in [-0.3, -0.25) is 14.2 Å². The van der Waals surface area contributed by atoms with Crippen LogP contribution in [0.3, 0.4) is 0 Å². The Kier molecular flexibility index (Phi) is 7.31. The van der Waals surface area contributed by atoms with Gasteiger partial charge in [-0.15, -0.1) is 0 Å². The monoisotopic (exact) mass is 473 g/mol. The van der Waals surface area contributed by atoms with E-state index < -0.39 is 12.8 Å². The zero-order valence-electron chi connectivity index (χ0n) is 18.7. The van der Waals surface area contributed by atoms with Gasteiger partial charge in [0.25, 0.3) is 11.5 Å². The Hall–Kier alpha value is -3.20. The molecule has 0 atom stereocenters. The first-order valence-corrected chi connectivity index (χ1v) is 11.3. The third-order valence-electron chi connectivity index (χ3n) is 5.84. The van der Waals surface area contributed by atoms with Gasteiger partial charge in [0.15, 0.2) is 0 Å². The molecular weight excluding hydrogens is 447 g/mol. The summed E-state index contributed by atoms with van der Waals surface area (Å²) in [4.78, 5) is 30.3. The van der Waals surface area contributed by atoms with Crippen LogP contribution in [0.2, 0.25) is 0 Å². The van der Waals surface area contributed by atoms with Crippen LogP contribution in [-0.2, 0) is 30.9 Å². The normalized spacial score (nSPS) is 14.3. The van der Waals surface area contributed by atoms with Crippen molar-refractivity contribution in [1.82, 2.24) is 14.9 Å². The number of hydrogen-bond donors (Lipinski definition) is 1. The number of fused-ring (bicyclic) bond motifs is 2. The zero-order valence-corrected chi connectivity index (χ0v) is 18.7. The number of hydrogen-bond acceptors (Lipinski definition) is 4. The molecule has 0 unspecified atom stereocenters. The lowest BCUT2D eigenvalue weighted by Crippen LogP contribution is -2.27. The van der Waals surface area contributed by atoms with Crippen LogP contribution in [0, 0.1) is 0 Å². The molecule has 1 aliphatic rings. The maximum Gasteiger partial charge on any atom is 0.411 e. The molecule has 0 saturated carbocycles. The molecule has 1 aliphatic heterocycles. The smallest absolute Gasteiger partial charge is 0.367 e. The first kappa shape index (κ1) is 23.9. The molecule has 1 amide bonds. The van der Waals surface area contributed by atoms with Gasteiger partial charge < -0.3 is 10.1 Å². The molecule has 9 heteroatoms. The van der Waals surface area contributed by atoms with Crippen molar-refractivity contribution in [2.75, 3.05) is 6.61 Å². The molecule has 1 N–H and O–H groups in total. The standard InChI is InChI=1S/C25H26F3N3O3/c26-25(27,28)16-34-15-18-8-6-17(7-9-18)14-29-23(32)19-10-11-20-21(13-19)30-22-5-3-1-2-4-12-31(22)24(20)33/h6-11,13H,1-5,12,14-16H2,(H,29,32). The van der Waals surface area contributed by atoms with E-state index >= 15 is 0 Å². The quantitative estimate of drug-likeness (QED) is 0.571. The lowest BCUT2D eigenvalue weighted by molar-refractivity contribution is -0.176. The van der Waals surface area contributed by atoms with Crippen LogP contribution >= 0.6 is 0 Å². The lowest BCUT2D eigenvalue weighted by Gasteiger charge is -2.16. The average Bonchev–Trinajstić information content (AvgIpc) is 2.78. The number of ether oxygens (including phenoxy) is 1. The van der Waals surface area contributed by atoms with Gasteiger partial charge >= 0.3 is 6.18 Å². The van der Waals surface area contributed by atoms with Crippen molar-refractivity contribution < 1.29 is 22.7 Å². The minimum absolute atomic E-state index is 0.0619. The molecule has 0 radical (unpaired) electrons.